The molecule has 0 saturated carbocycles. The van der Waals surface area contributed by atoms with Crippen LogP contribution in [0.5, 0.6) is 11.6 Å². The second-order valence-electron chi connectivity index (χ2n) is 4.25. The van der Waals surface area contributed by atoms with Gasteiger partial charge < -0.3 is 15.2 Å². The summed E-state index contributed by atoms with van der Waals surface area (Å²) in [6, 6.07) is 8.12. The van der Waals surface area contributed by atoms with Crippen molar-refractivity contribution in [2.45, 2.75) is 13.0 Å². The Morgan fingerprint density at radius 2 is 2.10 bits per heavy atom. The number of hydrogen-bond acceptors (Lipinski definition) is 4. The maximum atomic E-state index is 13.2. The summed E-state index contributed by atoms with van der Waals surface area (Å²) >= 11 is 0. The molecule has 0 aliphatic heterocycles. The number of methoxy groups -OCH3 is 1. The third-order valence-electron chi connectivity index (χ3n) is 2.86. The molecule has 5 heteroatoms. The summed E-state index contributed by atoms with van der Waals surface area (Å²) in [4.78, 5) is 4.10. The molecule has 2 rings (SSSR count). The summed E-state index contributed by atoms with van der Waals surface area (Å²) in [6.07, 6.45) is 2.22. The van der Waals surface area contributed by atoms with Crippen molar-refractivity contribution in [3.8, 4) is 11.6 Å². The van der Waals surface area contributed by atoms with Gasteiger partial charge in [-0.25, -0.2) is 9.37 Å². The van der Waals surface area contributed by atoms with Crippen LogP contribution in [-0.2, 0) is 13.0 Å². The Balaban J connectivity index is 2.14. The zero-order valence-electron chi connectivity index (χ0n) is 11.3. The van der Waals surface area contributed by atoms with Crippen LogP contribution in [0.4, 0.5) is 4.39 Å². The average molecular weight is 276 g/mol. The molecule has 1 aromatic heterocycles. The highest BCUT2D eigenvalue weighted by atomic mass is 19.1. The highest BCUT2D eigenvalue weighted by Gasteiger charge is 2.08. The molecule has 0 unspecified atom stereocenters. The highest BCUT2D eigenvalue weighted by Crippen LogP contribution is 2.23. The van der Waals surface area contributed by atoms with E-state index >= 15 is 0 Å². The van der Waals surface area contributed by atoms with Crippen LogP contribution in [0.1, 0.15) is 11.1 Å². The predicted molar refractivity (Wildman–Crippen MR) is 74.3 cm³/mol. The van der Waals surface area contributed by atoms with Gasteiger partial charge in [0.1, 0.15) is 18.2 Å². The number of halogens is 1. The van der Waals surface area contributed by atoms with Gasteiger partial charge in [-0.3, -0.25) is 0 Å². The molecule has 106 valence electrons. The highest BCUT2D eigenvalue weighted by molar-refractivity contribution is 5.35. The normalized spacial score (nSPS) is 10.3. The van der Waals surface area contributed by atoms with Gasteiger partial charge in [-0.1, -0.05) is 0 Å². The first-order chi connectivity index (χ1) is 9.74. The van der Waals surface area contributed by atoms with Crippen LogP contribution >= 0.6 is 0 Å². The molecule has 0 fully saturated rings. The minimum absolute atomic E-state index is 0.292. The van der Waals surface area contributed by atoms with Crippen molar-refractivity contribution in [1.82, 2.24) is 4.98 Å². The number of nitrogens with two attached hydrogens (primary N) is 1. The Morgan fingerprint density at radius 1 is 1.25 bits per heavy atom. The standard InChI is InChI=1S/C15H17FN2O2/c1-19-15-12(3-2-8-18-15)10-20-14-5-4-13(16)9-11(14)6-7-17/h2-5,8-9H,6-7,10,17H2,1H3. The first-order valence-electron chi connectivity index (χ1n) is 6.33. The first-order valence-corrected chi connectivity index (χ1v) is 6.33. The molecule has 0 aliphatic carbocycles. The van der Waals surface area contributed by atoms with Crippen molar-refractivity contribution in [1.29, 1.82) is 0 Å². The molecule has 0 aliphatic rings. The first kappa shape index (κ1) is 14.3. The van der Waals surface area contributed by atoms with Crippen molar-refractivity contribution in [3.63, 3.8) is 0 Å². The third-order valence-corrected chi connectivity index (χ3v) is 2.86. The van der Waals surface area contributed by atoms with Gasteiger partial charge in [0.05, 0.1) is 12.7 Å². The van der Waals surface area contributed by atoms with Gasteiger partial charge >= 0.3 is 0 Å². The molecule has 0 amide bonds. The number of ether oxygens (including phenoxy) is 2. The Hall–Kier alpha value is -2.14. The molecule has 20 heavy (non-hydrogen) atoms. The number of nitrogens with zero attached hydrogens (tertiary/aromatic N) is 1. The van der Waals surface area contributed by atoms with Crippen LogP contribution < -0.4 is 15.2 Å². The van der Waals surface area contributed by atoms with E-state index in [1.807, 2.05) is 12.1 Å². The zero-order valence-corrected chi connectivity index (χ0v) is 11.3. The minimum Gasteiger partial charge on any atom is -0.488 e. The molecule has 4 nitrogen and oxygen atoms in total. The molecule has 1 heterocycles. The molecule has 0 atom stereocenters. The van der Waals surface area contributed by atoms with Crippen LogP contribution in [0.25, 0.3) is 0 Å². The SMILES string of the molecule is COc1ncccc1COc1ccc(F)cc1CCN. The van der Waals surface area contributed by atoms with Gasteiger partial charge in [0.2, 0.25) is 5.88 Å². The molecular formula is C15H17FN2O2. The number of aromatic nitrogens is 1. The van der Waals surface area contributed by atoms with Gasteiger partial charge in [-0.05, 0) is 48.9 Å². The van der Waals surface area contributed by atoms with Gasteiger partial charge in [0.25, 0.3) is 0 Å². The summed E-state index contributed by atoms with van der Waals surface area (Å²) in [5.41, 5.74) is 7.12. The lowest BCUT2D eigenvalue weighted by molar-refractivity contribution is 0.290. The second kappa shape index (κ2) is 6.86. The van der Waals surface area contributed by atoms with E-state index in [0.717, 1.165) is 11.1 Å². The quantitative estimate of drug-likeness (QED) is 0.879. The lowest BCUT2D eigenvalue weighted by atomic mass is 10.1. The van der Waals surface area contributed by atoms with Crippen LogP contribution in [-0.4, -0.2) is 18.6 Å². The fraction of sp³-hybridized carbons (Fsp3) is 0.267. The van der Waals surface area contributed by atoms with Gasteiger partial charge in [-0.2, -0.15) is 0 Å². The maximum absolute atomic E-state index is 13.2. The second-order valence-corrected chi connectivity index (χ2v) is 4.25. The van der Waals surface area contributed by atoms with Crippen molar-refractivity contribution in [3.05, 3.63) is 53.5 Å². The molecule has 0 bridgehead atoms. The summed E-state index contributed by atoms with van der Waals surface area (Å²) < 4.78 is 24.1. The van der Waals surface area contributed by atoms with Crippen LogP contribution in [0.15, 0.2) is 36.5 Å². The fourth-order valence-corrected chi connectivity index (χ4v) is 1.91. The van der Waals surface area contributed by atoms with E-state index in [4.69, 9.17) is 15.2 Å². The van der Waals surface area contributed by atoms with Crippen molar-refractivity contribution >= 4 is 0 Å². The van der Waals surface area contributed by atoms with Crippen LogP contribution in [0, 0.1) is 5.82 Å². The number of hydrogen-bond donors (Lipinski definition) is 1. The number of rotatable bonds is 6. The van der Waals surface area contributed by atoms with E-state index in [9.17, 15) is 4.39 Å². The zero-order chi connectivity index (χ0) is 14.4. The van der Waals surface area contributed by atoms with Crippen LogP contribution in [0.2, 0.25) is 0 Å². The molecule has 0 radical (unpaired) electrons. The summed E-state index contributed by atoms with van der Waals surface area (Å²) in [7, 11) is 1.56. The van der Waals surface area contributed by atoms with Crippen LogP contribution in [0.3, 0.4) is 0 Å². The monoisotopic (exact) mass is 276 g/mol. The number of pyridine rings is 1. The Bertz CT molecular complexity index is 576. The minimum atomic E-state index is -0.292. The Labute approximate surface area is 117 Å². The van der Waals surface area contributed by atoms with E-state index in [0.29, 0.717) is 31.2 Å². The van der Waals surface area contributed by atoms with Crippen molar-refractivity contribution < 1.29 is 13.9 Å². The fourth-order valence-electron chi connectivity index (χ4n) is 1.91. The molecule has 0 saturated heterocycles. The lowest BCUT2D eigenvalue weighted by Gasteiger charge is -2.12. The average Bonchev–Trinajstić information content (AvgIpc) is 2.47. The molecule has 2 aromatic rings. The lowest BCUT2D eigenvalue weighted by Crippen LogP contribution is -2.06. The molecule has 0 spiro atoms. The van der Waals surface area contributed by atoms with E-state index in [1.165, 1.54) is 12.1 Å². The maximum Gasteiger partial charge on any atom is 0.219 e. The topological polar surface area (TPSA) is 57.4 Å². The van der Waals surface area contributed by atoms with E-state index in [-0.39, 0.29) is 5.82 Å². The number of benzene rings is 1. The van der Waals surface area contributed by atoms with E-state index in [2.05, 4.69) is 4.98 Å². The van der Waals surface area contributed by atoms with E-state index < -0.39 is 0 Å². The van der Waals surface area contributed by atoms with Crippen molar-refractivity contribution in [2.24, 2.45) is 5.73 Å². The Morgan fingerprint density at radius 3 is 2.85 bits per heavy atom. The van der Waals surface area contributed by atoms with Gasteiger partial charge in [0, 0.05) is 6.20 Å². The van der Waals surface area contributed by atoms with Gasteiger partial charge in [0.15, 0.2) is 0 Å². The molecular weight excluding hydrogens is 259 g/mol. The summed E-state index contributed by atoms with van der Waals surface area (Å²) in [5, 5.41) is 0. The Kier molecular flexibility index (Phi) is 4.90. The summed E-state index contributed by atoms with van der Waals surface area (Å²) in [6.45, 7) is 0.746. The predicted octanol–water partition coefficient (Wildman–Crippen LogP) is 2.31. The van der Waals surface area contributed by atoms with Gasteiger partial charge in [-0.15, -0.1) is 0 Å². The third kappa shape index (κ3) is 3.45. The van der Waals surface area contributed by atoms with E-state index in [1.54, 1.807) is 19.4 Å². The molecule has 2 N–H and O–H groups in total. The molecule has 1 aromatic carbocycles. The summed E-state index contributed by atoms with van der Waals surface area (Å²) in [5.74, 6) is 0.859. The largest absolute Gasteiger partial charge is 0.488 e. The smallest absolute Gasteiger partial charge is 0.219 e. The van der Waals surface area contributed by atoms with Crippen molar-refractivity contribution in [2.75, 3.05) is 13.7 Å².